The van der Waals surface area contributed by atoms with E-state index in [1.54, 1.807) is 4.90 Å². The van der Waals surface area contributed by atoms with Crippen LogP contribution in [-0.4, -0.2) is 43.3 Å². The lowest BCUT2D eigenvalue weighted by molar-refractivity contribution is -0.238. The van der Waals surface area contributed by atoms with Crippen LogP contribution < -0.4 is 0 Å². The third kappa shape index (κ3) is 2.32. The summed E-state index contributed by atoms with van der Waals surface area (Å²) in [6, 6.07) is 0. The average Bonchev–Trinajstić information content (AvgIpc) is 2.88. The maximum absolute atomic E-state index is 13.2. The fourth-order valence-electron chi connectivity index (χ4n) is 3.98. The number of hydrogen-bond donors (Lipinski definition) is 0. The van der Waals surface area contributed by atoms with E-state index in [2.05, 4.69) is 0 Å². The van der Waals surface area contributed by atoms with Crippen LogP contribution in [-0.2, 0) is 9.53 Å². The second-order valence-electron chi connectivity index (χ2n) is 6.42. The van der Waals surface area contributed by atoms with E-state index < -0.39 is 17.5 Å². The molecule has 0 unspecified atom stereocenters. The number of hydrogen-bond acceptors (Lipinski definition) is 2. The summed E-state index contributed by atoms with van der Waals surface area (Å²) in [6.45, 7) is 1.53. The number of likely N-dealkylation sites (tertiary alicyclic amines) is 1. The van der Waals surface area contributed by atoms with Gasteiger partial charge in [-0.25, -0.2) is 0 Å². The van der Waals surface area contributed by atoms with Crippen molar-refractivity contribution in [3.8, 4) is 0 Å². The number of carbonyl (C=O) groups is 1. The normalized spacial score (nSPS) is 33.2. The van der Waals surface area contributed by atoms with E-state index in [1.165, 1.54) is 0 Å². The van der Waals surface area contributed by atoms with Gasteiger partial charge in [0.15, 0.2) is 0 Å². The maximum Gasteiger partial charge on any atom is 0.392 e. The number of carbonyl (C=O) groups excluding carboxylic acids is 1. The minimum Gasteiger partial charge on any atom is -0.381 e. The number of piperidine rings is 1. The van der Waals surface area contributed by atoms with Crippen LogP contribution in [0.1, 0.15) is 32.1 Å². The molecule has 1 spiro atoms. The first-order valence-electron chi connectivity index (χ1n) is 7.36. The molecule has 0 aromatic rings. The van der Waals surface area contributed by atoms with E-state index in [-0.39, 0.29) is 31.3 Å². The van der Waals surface area contributed by atoms with Crippen LogP contribution >= 0.6 is 0 Å². The zero-order valence-electron chi connectivity index (χ0n) is 11.4. The monoisotopic (exact) mass is 291 g/mol. The number of halogens is 3. The highest BCUT2D eigenvalue weighted by atomic mass is 19.4. The third-order valence-electron chi connectivity index (χ3n) is 5.27. The van der Waals surface area contributed by atoms with Crippen LogP contribution in [0.5, 0.6) is 0 Å². The SMILES string of the molecule is O=C([C@@H]1CCOC1)N1CC[C@H](C(F)(F)F)C2(CCC2)C1. The summed E-state index contributed by atoms with van der Waals surface area (Å²) in [5.74, 6) is -1.38. The Balaban J connectivity index is 1.71. The van der Waals surface area contributed by atoms with Crippen LogP contribution in [0.15, 0.2) is 0 Å². The summed E-state index contributed by atoms with van der Waals surface area (Å²) >= 11 is 0. The molecule has 2 heterocycles. The van der Waals surface area contributed by atoms with E-state index in [0.717, 1.165) is 6.42 Å². The van der Waals surface area contributed by atoms with Crippen molar-refractivity contribution in [3.63, 3.8) is 0 Å². The Kier molecular flexibility index (Phi) is 3.47. The molecule has 1 amide bonds. The summed E-state index contributed by atoms with van der Waals surface area (Å²) < 4.78 is 44.7. The Bertz CT molecular complexity index is 386. The molecule has 0 aromatic heterocycles. The number of alkyl halides is 3. The van der Waals surface area contributed by atoms with Crippen molar-refractivity contribution in [1.29, 1.82) is 0 Å². The number of rotatable bonds is 1. The Morgan fingerprint density at radius 3 is 2.50 bits per heavy atom. The molecule has 0 bridgehead atoms. The van der Waals surface area contributed by atoms with Gasteiger partial charge in [0.1, 0.15) is 0 Å². The molecule has 0 radical (unpaired) electrons. The molecule has 3 fully saturated rings. The molecule has 2 saturated heterocycles. The smallest absolute Gasteiger partial charge is 0.381 e. The van der Waals surface area contributed by atoms with Crippen molar-refractivity contribution >= 4 is 5.91 Å². The predicted molar refractivity (Wildman–Crippen MR) is 66.0 cm³/mol. The molecular weight excluding hydrogens is 271 g/mol. The molecule has 1 aliphatic carbocycles. The number of nitrogens with zero attached hydrogens (tertiary/aromatic N) is 1. The van der Waals surface area contributed by atoms with Crippen LogP contribution in [0.2, 0.25) is 0 Å². The van der Waals surface area contributed by atoms with Crippen molar-refractivity contribution in [3.05, 3.63) is 0 Å². The van der Waals surface area contributed by atoms with Crippen molar-refractivity contribution in [2.75, 3.05) is 26.3 Å². The van der Waals surface area contributed by atoms with Crippen LogP contribution in [0.25, 0.3) is 0 Å². The van der Waals surface area contributed by atoms with Gasteiger partial charge >= 0.3 is 6.18 Å². The summed E-state index contributed by atoms with van der Waals surface area (Å²) in [5, 5.41) is 0. The van der Waals surface area contributed by atoms with Gasteiger partial charge in [0.2, 0.25) is 5.91 Å². The summed E-state index contributed by atoms with van der Waals surface area (Å²) in [6.07, 6.45) is -1.33. The highest BCUT2D eigenvalue weighted by molar-refractivity contribution is 5.79. The van der Waals surface area contributed by atoms with Crippen LogP contribution in [0.3, 0.4) is 0 Å². The second-order valence-corrected chi connectivity index (χ2v) is 6.42. The minimum atomic E-state index is -4.13. The molecule has 0 N–H and O–H groups in total. The van der Waals surface area contributed by atoms with Crippen LogP contribution in [0.4, 0.5) is 13.2 Å². The number of ether oxygens (including phenoxy) is 1. The fraction of sp³-hybridized carbons (Fsp3) is 0.929. The van der Waals surface area contributed by atoms with Gasteiger partial charge in [-0.15, -0.1) is 0 Å². The zero-order chi connectivity index (χ0) is 14.4. The molecule has 3 aliphatic rings. The van der Waals surface area contributed by atoms with Gasteiger partial charge in [0, 0.05) is 19.7 Å². The van der Waals surface area contributed by atoms with E-state index in [4.69, 9.17) is 4.74 Å². The molecule has 2 aliphatic heterocycles. The molecule has 114 valence electrons. The van der Waals surface area contributed by atoms with E-state index in [0.29, 0.717) is 32.5 Å². The first-order chi connectivity index (χ1) is 9.42. The molecule has 6 heteroatoms. The molecule has 3 nitrogen and oxygen atoms in total. The van der Waals surface area contributed by atoms with E-state index >= 15 is 0 Å². The molecule has 2 atom stereocenters. The van der Waals surface area contributed by atoms with E-state index in [9.17, 15) is 18.0 Å². The summed E-state index contributed by atoms with van der Waals surface area (Å²) in [5.41, 5.74) is -0.703. The van der Waals surface area contributed by atoms with Crippen molar-refractivity contribution in [2.45, 2.75) is 38.3 Å². The Morgan fingerprint density at radius 1 is 1.25 bits per heavy atom. The van der Waals surface area contributed by atoms with E-state index in [1.807, 2.05) is 0 Å². The van der Waals surface area contributed by atoms with Gasteiger partial charge in [0.05, 0.1) is 18.4 Å². The van der Waals surface area contributed by atoms with Crippen molar-refractivity contribution < 1.29 is 22.7 Å². The largest absolute Gasteiger partial charge is 0.392 e. The van der Waals surface area contributed by atoms with Crippen molar-refractivity contribution in [2.24, 2.45) is 17.3 Å². The molecule has 3 rings (SSSR count). The Hall–Kier alpha value is -0.780. The zero-order valence-corrected chi connectivity index (χ0v) is 11.4. The topological polar surface area (TPSA) is 29.5 Å². The van der Waals surface area contributed by atoms with Gasteiger partial charge in [-0.1, -0.05) is 6.42 Å². The van der Waals surface area contributed by atoms with Crippen LogP contribution in [0, 0.1) is 17.3 Å². The second kappa shape index (κ2) is 4.90. The fourth-order valence-corrected chi connectivity index (χ4v) is 3.98. The molecule has 1 saturated carbocycles. The lowest BCUT2D eigenvalue weighted by Gasteiger charge is -2.54. The van der Waals surface area contributed by atoms with Crippen molar-refractivity contribution in [1.82, 2.24) is 4.90 Å². The molecule has 0 aromatic carbocycles. The molecule has 20 heavy (non-hydrogen) atoms. The van der Waals surface area contributed by atoms with Gasteiger partial charge in [0.25, 0.3) is 0 Å². The van der Waals surface area contributed by atoms with Gasteiger partial charge in [-0.3, -0.25) is 4.79 Å². The Labute approximate surface area is 116 Å². The standard InChI is InChI=1S/C14H20F3NO2/c15-14(16,17)11-2-6-18(9-13(11)4-1-5-13)12(19)10-3-7-20-8-10/h10-11H,1-9H2/t10-,11+/m1/s1. The first-order valence-corrected chi connectivity index (χ1v) is 7.36. The summed E-state index contributed by atoms with van der Waals surface area (Å²) in [4.78, 5) is 14.0. The maximum atomic E-state index is 13.2. The minimum absolute atomic E-state index is 0.00519. The summed E-state index contributed by atoms with van der Waals surface area (Å²) in [7, 11) is 0. The number of amides is 1. The van der Waals surface area contributed by atoms with Gasteiger partial charge < -0.3 is 9.64 Å². The average molecular weight is 291 g/mol. The highest BCUT2D eigenvalue weighted by Gasteiger charge is 2.58. The third-order valence-corrected chi connectivity index (χ3v) is 5.27. The lowest BCUT2D eigenvalue weighted by atomic mass is 9.58. The molecular formula is C14H20F3NO2. The highest BCUT2D eigenvalue weighted by Crippen LogP contribution is 2.56. The van der Waals surface area contributed by atoms with Gasteiger partial charge in [-0.2, -0.15) is 13.2 Å². The quantitative estimate of drug-likeness (QED) is 0.743. The first kappa shape index (κ1) is 14.2. The lowest BCUT2D eigenvalue weighted by Crippen LogP contribution is -2.58. The predicted octanol–water partition coefficient (Wildman–Crippen LogP) is 2.60. The van der Waals surface area contributed by atoms with Gasteiger partial charge in [-0.05, 0) is 31.1 Å². The Morgan fingerprint density at radius 2 is 2.00 bits per heavy atom.